The van der Waals surface area contributed by atoms with Crippen LogP contribution >= 0.6 is 47.8 Å². The predicted molar refractivity (Wildman–Crippen MR) is 74.3 cm³/mol. The Morgan fingerprint density at radius 1 is 1.00 bits per heavy atom. The highest BCUT2D eigenvalue weighted by atomic mass is 79.9. The average molecular weight is 394 g/mol. The maximum Gasteiger partial charge on any atom is 0.0720 e. The molecule has 1 heterocycles. The minimum absolute atomic E-state index is 1.02. The van der Waals surface area contributed by atoms with E-state index in [1.807, 2.05) is 19.1 Å². The zero-order valence-corrected chi connectivity index (χ0v) is 13.0. The first-order valence-electron chi connectivity index (χ1n) is 4.42. The Hall–Kier alpha value is 0.0700. The van der Waals surface area contributed by atoms with Crippen LogP contribution in [0.15, 0.2) is 25.6 Å². The maximum absolute atomic E-state index is 4.54. The van der Waals surface area contributed by atoms with Gasteiger partial charge in [0.05, 0.1) is 11.2 Å². The lowest BCUT2D eigenvalue weighted by atomic mass is 10.1. The van der Waals surface area contributed by atoms with Crippen LogP contribution in [-0.2, 0) is 0 Å². The number of nitrogens with zero attached hydrogens (tertiary/aromatic N) is 1. The second-order valence-corrected chi connectivity index (χ2v) is 5.83. The van der Waals surface area contributed by atoms with E-state index in [1.165, 1.54) is 5.56 Å². The molecule has 78 valence electrons. The molecule has 1 aromatic heterocycles. The summed E-state index contributed by atoms with van der Waals surface area (Å²) in [4.78, 5) is 4.54. The van der Waals surface area contributed by atoms with Gasteiger partial charge >= 0.3 is 0 Å². The second-order valence-electron chi connectivity index (χ2n) is 3.39. The minimum atomic E-state index is 1.02. The molecule has 0 fully saturated rings. The molecule has 2 aromatic rings. The van der Waals surface area contributed by atoms with E-state index in [0.717, 1.165) is 30.0 Å². The van der Waals surface area contributed by atoms with Gasteiger partial charge in [-0.1, -0.05) is 0 Å². The summed E-state index contributed by atoms with van der Waals surface area (Å²) in [5, 5.41) is 1.15. The summed E-state index contributed by atoms with van der Waals surface area (Å²) in [6.45, 7) is 4.10. The SMILES string of the molecule is Cc1nc2ccc(Br)c(Br)c2c(C)c1Br. The Morgan fingerprint density at radius 2 is 1.67 bits per heavy atom. The summed E-state index contributed by atoms with van der Waals surface area (Å²) in [6.07, 6.45) is 0. The zero-order valence-electron chi connectivity index (χ0n) is 8.24. The number of rotatable bonds is 0. The van der Waals surface area contributed by atoms with Gasteiger partial charge in [-0.25, -0.2) is 0 Å². The van der Waals surface area contributed by atoms with Crippen molar-refractivity contribution in [1.82, 2.24) is 4.98 Å². The molecule has 0 saturated heterocycles. The van der Waals surface area contributed by atoms with Gasteiger partial charge in [0.15, 0.2) is 0 Å². The minimum Gasteiger partial charge on any atom is -0.252 e. The van der Waals surface area contributed by atoms with Crippen molar-refractivity contribution in [3.8, 4) is 0 Å². The summed E-state index contributed by atoms with van der Waals surface area (Å²) in [7, 11) is 0. The number of benzene rings is 1. The van der Waals surface area contributed by atoms with Gasteiger partial charge in [0.2, 0.25) is 0 Å². The number of hydrogen-bond acceptors (Lipinski definition) is 1. The van der Waals surface area contributed by atoms with Crippen molar-refractivity contribution in [3.63, 3.8) is 0 Å². The Bertz CT molecular complexity index is 549. The molecule has 0 bridgehead atoms. The fraction of sp³-hybridized carbons (Fsp3) is 0.182. The normalized spacial score (nSPS) is 11.0. The van der Waals surface area contributed by atoms with E-state index in [1.54, 1.807) is 0 Å². The molecule has 0 radical (unpaired) electrons. The predicted octanol–water partition coefficient (Wildman–Crippen LogP) is 5.14. The van der Waals surface area contributed by atoms with Crippen molar-refractivity contribution >= 4 is 58.7 Å². The lowest BCUT2D eigenvalue weighted by Gasteiger charge is -2.09. The molecule has 0 unspecified atom stereocenters. The number of aryl methyl sites for hydroxylation is 2. The van der Waals surface area contributed by atoms with Crippen LogP contribution in [0.2, 0.25) is 0 Å². The first kappa shape index (κ1) is 11.6. The van der Waals surface area contributed by atoms with Gasteiger partial charge in [0.25, 0.3) is 0 Å². The van der Waals surface area contributed by atoms with Gasteiger partial charge in [-0.05, 0) is 79.3 Å². The maximum atomic E-state index is 4.54. The van der Waals surface area contributed by atoms with Crippen LogP contribution in [0, 0.1) is 13.8 Å². The second kappa shape index (κ2) is 4.15. The smallest absolute Gasteiger partial charge is 0.0720 e. The summed E-state index contributed by atoms with van der Waals surface area (Å²) in [6, 6.07) is 4.03. The molecule has 0 aliphatic rings. The Morgan fingerprint density at radius 3 is 2.33 bits per heavy atom. The molecule has 0 aliphatic heterocycles. The van der Waals surface area contributed by atoms with E-state index in [0.29, 0.717) is 0 Å². The lowest BCUT2D eigenvalue weighted by molar-refractivity contribution is 1.20. The van der Waals surface area contributed by atoms with Crippen LogP contribution in [0.1, 0.15) is 11.3 Å². The van der Waals surface area contributed by atoms with Crippen LogP contribution in [-0.4, -0.2) is 4.98 Å². The van der Waals surface area contributed by atoms with Gasteiger partial charge in [-0.3, -0.25) is 4.98 Å². The standard InChI is InChI=1S/C11H8Br3N/c1-5-9-8(15-6(2)10(5)13)4-3-7(12)11(9)14/h3-4H,1-2H3. The van der Waals surface area contributed by atoms with Crippen molar-refractivity contribution < 1.29 is 0 Å². The van der Waals surface area contributed by atoms with E-state index >= 15 is 0 Å². The summed E-state index contributed by atoms with van der Waals surface area (Å²) in [5.74, 6) is 0. The van der Waals surface area contributed by atoms with Crippen LogP contribution in [0.3, 0.4) is 0 Å². The molecule has 0 spiro atoms. The van der Waals surface area contributed by atoms with Crippen LogP contribution in [0.5, 0.6) is 0 Å². The van der Waals surface area contributed by atoms with Crippen LogP contribution in [0.25, 0.3) is 10.9 Å². The van der Waals surface area contributed by atoms with E-state index in [-0.39, 0.29) is 0 Å². The number of aromatic nitrogens is 1. The fourth-order valence-corrected chi connectivity index (χ4v) is 2.85. The topological polar surface area (TPSA) is 12.9 Å². The van der Waals surface area contributed by atoms with E-state index in [9.17, 15) is 0 Å². The van der Waals surface area contributed by atoms with E-state index in [4.69, 9.17) is 0 Å². The number of halogens is 3. The van der Waals surface area contributed by atoms with Gasteiger partial charge in [0.1, 0.15) is 0 Å². The molecule has 0 amide bonds. The third kappa shape index (κ3) is 1.87. The fourth-order valence-electron chi connectivity index (χ4n) is 1.60. The van der Waals surface area contributed by atoms with E-state index in [2.05, 4.69) is 59.7 Å². The molecular formula is C11H8Br3N. The molecule has 1 nitrogen and oxygen atoms in total. The molecule has 4 heteroatoms. The van der Waals surface area contributed by atoms with Crippen molar-refractivity contribution in [2.45, 2.75) is 13.8 Å². The highest BCUT2D eigenvalue weighted by Crippen LogP contribution is 2.36. The highest BCUT2D eigenvalue weighted by molar-refractivity contribution is 9.13. The lowest BCUT2D eigenvalue weighted by Crippen LogP contribution is -1.91. The number of hydrogen-bond donors (Lipinski definition) is 0. The third-order valence-electron chi connectivity index (χ3n) is 2.38. The number of fused-ring (bicyclic) bond motifs is 1. The van der Waals surface area contributed by atoms with E-state index < -0.39 is 0 Å². The van der Waals surface area contributed by atoms with Crippen molar-refractivity contribution in [2.24, 2.45) is 0 Å². The Kier molecular flexibility index (Phi) is 3.20. The largest absolute Gasteiger partial charge is 0.252 e. The molecular weight excluding hydrogens is 386 g/mol. The van der Waals surface area contributed by atoms with Gasteiger partial charge in [-0.2, -0.15) is 0 Å². The summed E-state index contributed by atoms with van der Waals surface area (Å²) in [5.41, 5.74) is 3.25. The van der Waals surface area contributed by atoms with Crippen LogP contribution in [0.4, 0.5) is 0 Å². The summed E-state index contributed by atoms with van der Waals surface area (Å²) < 4.78 is 3.19. The van der Waals surface area contributed by atoms with Crippen LogP contribution < -0.4 is 0 Å². The molecule has 0 aliphatic carbocycles. The van der Waals surface area contributed by atoms with Crippen molar-refractivity contribution in [3.05, 3.63) is 36.8 Å². The molecule has 2 rings (SSSR count). The monoisotopic (exact) mass is 391 g/mol. The highest BCUT2D eigenvalue weighted by Gasteiger charge is 2.11. The van der Waals surface area contributed by atoms with Gasteiger partial charge in [0, 0.05) is 18.8 Å². The zero-order chi connectivity index (χ0) is 11.2. The molecule has 0 saturated carbocycles. The first-order chi connectivity index (χ1) is 7.02. The number of pyridine rings is 1. The Labute approximate surface area is 114 Å². The Balaban J connectivity index is 3.00. The van der Waals surface area contributed by atoms with Gasteiger partial charge < -0.3 is 0 Å². The summed E-state index contributed by atoms with van der Waals surface area (Å²) >= 11 is 10.6. The van der Waals surface area contributed by atoms with Gasteiger partial charge in [-0.15, -0.1) is 0 Å². The van der Waals surface area contributed by atoms with Crippen molar-refractivity contribution in [2.75, 3.05) is 0 Å². The average Bonchev–Trinajstić information content (AvgIpc) is 2.20. The van der Waals surface area contributed by atoms with Crippen molar-refractivity contribution in [1.29, 1.82) is 0 Å². The quantitative estimate of drug-likeness (QED) is 0.604. The molecule has 1 aromatic carbocycles. The third-order valence-corrected chi connectivity index (χ3v) is 5.57. The first-order valence-corrected chi connectivity index (χ1v) is 6.80. The molecule has 0 N–H and O–H groups in total. The molecule has 15 heavy (non-hydrogen) atoms. The molecule has 0 atom stereocenters.